The molecule has 1 amide bonds. The number of amides is 1. The van der Waals surface area contributed by atoms with Crippen LogP contribution in [-0.4, -0.2) is 46.2 Å². The highest BCUT2D eigenvalue weighted by molar-refractivity contribution is 5.81. The molecule has 5 nitrogen and oxygen atoms in total. The van der Waals surface area contributed by atoms with Gasteiger partial charge in [0.25, 0.3) is 5.91 Å². The first kappa shape index (κ1) is 17.1. The Morgan fingerprint density at radius 3 is 2.64 bits per heavy atom. The number of aromatic nitrogens is 2. The molecule has 3 heterocycles. The third kappa shape index (κ3) is 3.62. The summed E-state index contributed by atoms with van der Waals surface area (Å²) in [4.78, 5) is 19.2. The van der Waals surface area contributed by atoms with Crippen molar-refractivity contribution >= 4 is 5.91 Å². The van der Waals surface area contributed by atoms with E-state index in [0.29, 0.717) is 5.92 Å². The van der Waals surface area contributed by atoms with Gasteiger partial charge in [0.2, 0.25) is 0 Å². The number of hydrogen-bond acceptors (Lipinski definition) is 3. The molecular formula is C20H31N3O2. The van der Waals surface area contributed by atoms with Crippen molar-refractivity contribution in [2.24, 2.45) is 5.92 Å². The topological polar surface area (TPSA) is 47.4 Å². The second kappa shape index (κ2) is 7.48. The lowest BCUT2D eigenvalue weighted by molar-refractivity contribution is -0.142. The van der Waals surface area contributed by atoms with Gasteiger partial charge in [0.15, 0.2) is 0 Å². The summed E-state index contributed by atoms with van der Waals surface area (Å²) in [6, 6.07) is 0. The van der Waals surface area contributed by atoms with Crippen LogP contribution in [-0.2, 0) is 16.1 Å². The van der Waals surface area contributed by atoms with E-state index in [9.17, 15) is 4.79 Å². The minimum absolute atomic E-state index is 0.157. The van der Waals surface area contributed by atoms with Gasteiger partial charge >= 0.3 is 0 Å². The lowest BCUT2D eigenvalue weighted by Crippen LogP contribution is -2.43. The number of carbonyl (C=O) groups excluding carboxylic acids is 1. The Bertz CT molecular complexity index is 594. The van der Waals surface area contributed by atoms with Crippen molar-refractivity contribution in [3.05, 3.63) is 17.7 Å². The molecule has 3 fully saturated rings. The molecule has 1 saturated carbocycles. The maximum absolute atomic E-state index is 12.4. The van der Waals surface area contributed by atoms with Crippen LogP contribution in [0.1, 0.15) is 68.8 Å². The lowest BCUT2D eigenvalue weighted by atomic mass is 9.84. The SMILES string of the molecule is Cc1cnc(C2CCC2)n1CCC1CCN(C(=O)C2CCCO2)CC1. The third-order valence-corrected chi connectivity index (χ3v) is 6.45. The standard InChI is InChI=1S/C20H31N3O2/c1-15-14-21-19(17-4-2-5-17)23(15)12-9-16-7-10-22(11-8-16)20(24)18-6-3-13-25-18/h14,16-18H,2-13H2,1H3. The monoisotopic (exact) mass is 345 g/mol. The fraction of sp³-hybridized carbons (Fsp3) is 0.800. The number of imidazole rings is 1. The van der Waals surface area contributed by atoms with Gasteiger partial charge in [0, 0.05) is 44.0 Å². The second-order valence-electron chi connectivity index (χ2n) is 8.10. The van der Waals surface area contributed by atoms with Crippen LogP contribution in [0.15, 0.2) is 6.20 Å². The molecule has 0 spiro atoms. The van der Waals surface area contributed by atoms with Gasteiger partial charge in [-0.25, -0.2) is 4.98 Å². The van der Waals surface area contributed by atoms with Crippen LogP contribution in [0.25, 0.3) is 0 Å². The van der Waals surface area contributed by atoms with E-state index in [1.54, 1.807) is 0 Å². The number of nitrogens with zero attached hydrogens (tertiary/aromatic N) is 3. The zero-order valence-electron chi connectivity index (χ0n) is 15.5. The van der Waals surface area contributed by atoms with Crippen molar-refractivity contribution in [3.63, 3.8) is 0 Å². The van der Waals surface area contributed by atoms with Crippen LogP contribution in [0.3, 0.4) is 0 Å². The van der Waals surface area contributed by atoms with Crippen molar-refractivity contribution < 1.29 is 9.53 Å². The smallest absolute Gasteiger partial charge is 0.251 e. The lowest BCUT2D eigenvalue weighted by Gasteiger charge is -2.33. The minimum Gasteiger partial charge on any atom is -0.368 e. The number of ether oxygens (including phenoxy) is 1. The number of likely N-dealkylation sites (tertiary alicyclic amines) is 1. The van der Waals surface area contributed by atoms with Crippen molar-refractivity contribution in [2.75, 3.05) is 19.7 Å². The summed E-state index contributed by atoms with van der Waals surface area (Å²) in [5, 5.41) is 0. The van der Waals surface area contributed by atoms with Gasteiger partial charge in [-0.1, -0.05) is 6.42 Å². The van der Waals surface area contributed by atoms with E-state index in [0.717, 1.165) is 57.8 Å². The molecule has 1 atom stereocenters. The molecule has 4 rings (SSSR count). The van der Waals surface area contributed by atoms with E-state index in [1.807, 2.05) is 11.1 Å². The number of rotatable bonds is 5. The predicted octanol–water partition coefficient (Wildman–Crippen LogP) is 3.27. The number of carbonyl (C=O) groups is 1. The summed E-state index contributed by atoms with van der Waals surface area (Å²) >= 11 is 0. The molecule has 138 valence electrons. The van der Waals surface area contributed by atoms with E-state index < -0.39 is 0 Å². The summed E-state index contributed by atoms with van der Waals surface area (Å²) in [6.07, 6.45) is 11.2. The summed E-state index contributed by atoms with van der Waals surface area (Å²) in [7, 11) is 0. The first-order valence-corrected chi connectivity index (χ1v) is 10.1. The highest BCUT2D eigenvalue weighted by Crippen LogP contribution is 2.36. The number of hydrogen-bond donors (Lipinski definition) is 0. The Morgan fingerprint density at radius 1 is 1.20 bits per heavy atom. The maximum atomic E-state index is 12.4. The molecule has 1 aromatic rings. The minimum atomic E-state index is -0.157. The van der Waals surface area contributed by atoms with Crippen LogP contribution < -0.4 is 0 Å². The van der Waals surface area contributed by atoms with Crippen LogP contribution in [0.2, 0.25) is 0 Å². The van der Waals surface area contributed by atoms with Crippen molar-refractivity contribution in [2.45, 2.75) is 76.9 Å². The zero-order chi connectivity index (χ0) is 17.2. The maximum Gasteiger partial charge on any atom is 0.251 e. The normalized spacial score (nSPS) is 25.3. The second-order valence-corrected chi connectivity index (χ2v) is 8.10. The number of piperidine rings is 1. The zero-order valence-corrected chi connectivity index (χ0v) is 15.5. The Hall–Kier alpha value is -1.36. The Labute approximate surface area is 150 Å². The van der Waals surface area contributed by atoms with Crippen LogP contribution in [0.4, 0.5) is 0 Å². The van der Waals surface area contributed by atoms with Crippen LogP contribution in [0.5, 0.6) is 0 Å². The first-order valence-electron chi connectivity index (χ1n) is 10.1. The van der Waals surface area contributed by atoms with E-state index in [-0.39, 0.29) is 12.0 Å². The average Bonchev–Trinajstić information content (AvgIpc) is 3.23. The highest BCUT2D eigenvalue weighted by Gasteiger charge is 2.31. The molecule has 25 heavy (non-hydrogen) atoms. The van der Waals surface area contributed by atoms with Gasteiger partial charge in [0.05, 0.1) is 0 Å². The van der Waals surface area contributed by atoms with Gasteiger partial charge in [-0.3, -0.25) is 4.79 Å². The molecule has 2 saturated heterocycles. The highest BCUT2D eigenvalue weighted by atomic mass is 16.5. The van der Waals surface area contributed by atoms with Gasteiger partial charge in [-0.2, -0.15) is 0 Å². The molecule has 1 aliphatic carbocycles. The fourth-order valence-electron chi connectivity index (χ4n) is 4.49. The van der Waals surface area contributed by atoms with Gasteiger partial charge < -0.3 is 14.2 Å². The largest absolute Gasteiger partial charge is 0.368 e. The van der Waals surface area contributed by atoms with E-state index in [2.05, 4.69) is 16.5 Å². The summed E-state index contributed by atoms with van der Waals surface area (Å²) < 4.78 is 8.01. The molecule has 3 aliphatic rings. The quantitative estimate of drug-likeness (QED) is 0.823. The molecule has 1 unspecified atom stereocenters. The first-order chi connectivity index (χ1) is 12.2. The van der Waals surface area contributed by atoms with Gasteiger partial charge in [-0.15, -0.1) is 0 Å². The summed E-state index contributed by atoms with van der Waals surface area (Å²) in [6.45, 7) is 5.82. The third-order valence-electron chi connectivity index (χ3n) is 6.45. The summed E-state index contributed by atoms with van der Waals surface area (Å²) in [5.74, 6) is 2.97. The van der Waals surface area contributed by atoms with Crippen LogP contribution >= 0.6 is 0 Å². The Balaban J connectivity index is 1.26. The Kier molecular flexibility index (Phi) is 5.11. The van der Waals surface area contributed by atoms with E-state index in [4.69, 9.17) is 4.74 Å². The van der Waals surface area contributed by atoms with E-state index >= 15 is 0 Å². The van der Waals surface area contributed by atoms with Crippen LogP contribution in [0, 0.1) is 12.8 Å². The summed E-state index contributed by atoms with van der Waals surface area (Å²) in [5.41, 5.74) is 1.30. The average molecular weight is 345 g/mol. The van der Waals surface area contributed by atoms with Crippen molar-refractivity contribution in [3.8, 4) is 0 Å². The van der Waals surface area contributed by atoms with Crippen molar-refractivity contribution in [1.82, 2.24) is 14.5 Å². The predicted molar refractivity (Wildman–Crippen MR) is 96.5 cm³/mol. The number of aryl methyl sites for hydroxylation is 1. The molecule has 2 aliphatic heterocycles. The Morgan fingerprint density at radius 2 is 2.00 bits per heavy atom. The molecular weight excluding hydrogens is 314 g/mol. The molecule has 1 aromatic heterocycles. The molecule has 0 aromatic carbocycles. The van der Waals surface area contributed by atoms with Gasteiger partial charge in [-0.05, 0) is 57.8 Å². The van der Waals surface area contributed by atoms with Crippen molar-refractivity contribution in [1.29, 1.82) is 0 Å². The molecule has 0 bridgehead atoms. The van der Waals surface area contributed by atoms with E-state index in [1.165, 1.54) is 37.2 Å². The fourth-order valence-corrected chi connectivity index (χ4v) is 4.49. The molecule has 0 N–H and O–H groups in total. The van der Waals surface area contributed by atoms with Gasteiger partial charge in [0.1, 0.15) is 11.9 Å². The molecule has 5 heteroatoms. The molecule has 0 radical (unpaired) electrons.